The first-order valence-corrected chi connectivity index (χ1v) is 48.4. The number of ether oxygens (including phenoxy) is 3. The molecule has 8 saturated heterocycles. The largest absolute Gasteiger partial charge is 0.462 e. The van der Waals surface area contributed by atoms with Gasteiger partial charge in [-0.3, -0.25) is 34.2 Å². The Morgan fingerprint density at radius 1 is 0.552 bits per heavy atom. The van der Waals surface area contributed by atoms with E-state index in [-0.39, 0.29) is 186 Å². The zero-order valence-corrected chi connectivity index (χ0v) is 88.0. The van der Waals surface area contributed by atoms with E-state index in [2.05, 4.69) is 115 Å². The Morgan fingerprint density at radius 3 is 1.52 bits per heavy atom. The van der Waals surface area contributed by atoms with E-state index in [4.69, 9.17) is 68.9 Å². The van der Waals surface area contributed by atoms with Gasteiger partial charge >= 0.3 is 24.2 Å². The van der Waals surface area contributed by atoms with E-state index in [1.165, 1.54) is 70.4 Å². The molecule has 7 aromatic rings. The summed E-state index contributed by atoms with van der Waals surface area (Å²) in [6, 6.07) is 13.3. The first-order chi connectivity index (χ1) is 65.8. The summed E-state index contributed by atoms with van der Waals surface area (Å²) in [5.74, 6) is -0.827. The Kier molecular flexibility index (Phi) is 41.0. The lowest BCUT2D eigenvalue weighted by Crippen LogP contribution is -2.56. The van der Waals surface area contributed by atoms with Crippen molar-refractivity contribution in [3.8, 4) is 18.0 Å². The number of amides is 3. The van der Waals surface area contributed by atoms with Crippen molar-refractivity contribution in [2.24, 2.45) is 0 Å². The molecule has 8 fully saturated rings. The zero-order valence-electron chi connectivity index (χ0n) is 82.2. The lowest BCUT2D eigenvalue weighted by molar-refractivity contribution is -0.137. The fourth-order valence-corrected chi connectivity index (χ4v) is 21.5. The molecule has 0 spiro atoms. The molecule has 11 aliphatic heterocycles. The van der Waals surface area contributed by atoms with Crippen LogP contribution in [0.2, 0.25) is 5.02 Å². The van der Waals surface area contributed by atoms with Crippen LogP contribution in [-0.4, -0.2) is 343 Å². The third-order valence-corrected chi connectivity index (χ3v) is 29.4. The summed E-state index contributed by atoms with van der Waals surface area (Å²) < 4.78 is 116. The molecule has 30 nitrogen and oxygen atoms in total. The fraction of sp³-hybridized carbons (Fsp3) is 0.580. The molecule has 4 aromatic heterocycles. The number of carbonyl (C=O) groups is 3. The average Bonchev–Trinajstić information content (AvgIpc) is 1.72. The van der Waals surface area contributed by atoms with Gasteiger partial charge in [-0.05, 0) is 173 Å². The van der Waals surface area contributed by atoms with Crippen LogP contribution in [0, 0.1) is 40.8 Å². The van der Waals surface area contributed by atoms with E-state index in [1.54, 1.807) is 33.8 Å². The molecule has 0 aliphatic carbocycles. The number of fused-ring (bicyclic) bond motifs is 4. The van der Waals surface area contributed by atoms with Gasteiger partial charge in [0.2, 0.25) is 30.8 Å². The summed E-state index contributed by atoms with van der Waals surface area (Å²) in [5, 5.41) is 8.15. The number of nitrogens with zero attached hydrogens (tertiary/aromatic N) is 23. The third kappa shape index (κ3) is 27.5. The average molecular weight is 2100 g/mol. The second-order valence-electron chi connectivity index (χ2n) is 38.6. The van der Waals surface area contributed by atoms with Crippen LogP contribution in [0.4, 0.5) is 65.2 Å². The van der Waals surface area contributed by atoms with Crippen LogP contribution in [0.1, 0.15) is 121 Å². The molecule has 143 heavy (non-hydrogen) atoms. The maximum Gasteiger partial charge on any atom is 0.419 e. The third-order valence-electron chi connectivity index (χ3n) is 29.1. The van der Waals surface area contributed by atoms with Crippen LogP contribution in [0.25, 0.3) is 20.6 Å². The lowest BCUT2D eigenvalue weighted by Gasteiger charge is -2.41. The van der Waals surface area contributed by atoms with Gasteiger partial charge in [0.25, 0.3) is 5.92 Å². The quantitative estimate of drug-likeness (QED) is 0.0336. The van der Waals surface area contributed by atoms with Crippen molar-refractivity contribution in [1.82, 2.24) is 79.3 Å². The van der Waals surface area contributed by atoms with Crippen molar-refractivity contribution in [3.63, 3.8) is 0 Å². The van der Waals surface area contributed by atoms with Crippen molar-refractivity contribution in [2.45, 2.75) is 180 Å². The van der Waals surface area contributed by atoms with Gasteiger partial charge in [0.15, 0.2) is 0 Å². The molecule has 18 rings (SSSR count). The number of aromatic amines is 1. The number of aromatic nitrogens is 8. The van der Waals surface area contributed by atoms with Crippen LogP contribution in [0.5, 0.6) is 18.0 Å². The summed E-state index contributed by atoms with van der Waals surface area (Å²) in [6.45, 7) is 43.3. The normalized spacial score (nSPS) is 22.5. The SMILES string of the molecule is C.C=CC(=O)N1CCN(c2nc(OC[C@@H]3CC(C)(F)CN3C)nc3c2CCN(c2c(C)c(C)cc4[nH]ncc24)C3)CC1.S.S.S.S.S.[C-]#[N+]C[C@H]1CN(c2nc(OC[C@@H]3CCCN3C)nc3c2CCN(c2cccc(C)c2C)C3)CCN1C(=O)/C=C/CN1CCC(F)C1.[C-]#[N+]C[C@H]1CN(c2nc(OC[C@@H]3CCCN3C)nc3c2CCN(c2cccc(Cl)c2C(F)(F)F)C3)CCN1C(=O)/C=C/CN1CCC(F)(F)C1. The number of halogens is 8. The molecule has 0 saturated carbocycles. The second-order valence-corrected chi connectivity index (χ2v) is 39.0. The van der Waals surface area contributed by atoms with E-state index in [0.29, 0.717) is 167 Å². The van der Waals surface area contributed by atoms with Gasteiger partial charge in [0.05, 0.1) is 76.9 Å². The van der Waals surface area contributed by atoms with Crippen LogP contribution in [0.3, 0.4) is 0 Å². The number of alkyl halides is 7. The number of H-pyrrole nitrogens is 1. The molecule has 11 aliphatic rings. The Morgan fingerprint density at radius 2 is 1.04 bits per heavy atom. The molecule has 782 valence electrons. The Bertz CT molecular complexity index is 5700. The number of likely N-dealkylation sites (N-methyl/N-ethyl adjacent to an activating group) is 3. The molecular weight excluding hydrogens is 1960 g/mol. The maximum atomic E-state index is 14.7. The molecule has 2 unspecified atom stereocenters. The van der Waals surface area contributed by atoms with Crippen LogP contribution < -0.4 is 43.6 Å². The van der Waals surface area contributed by atoms with Crippen molar-refractivity contribution in [1.29, 1.82) is 0 Å². The van der Waals surface area contributed by atoms with Crippen molar-refractivity contribution < 1.29 is 59.3 Å². The number of likely N-dealkylation sites (tertiary alicyclic amines) is 5. The number of anilines is 6. The topological polar surface area (TPSA) is 239 Å². The van der Waals surface area contributed by atoms with Crippen LogP contribution in [0.15, 0.2) is 85.6 Å². The minimum Gasteiger partial charge on any atom is -0.462 e. The molecule has 0 radical (unpaired) electrons. The Hall–Kier alpha value is -9.47. The number of hydrogen-bond acceptors (Lipinski definition) is 24. The summed E-state index contributed by atoms with van der Waals surface area (Å²) in [7, 11) is 6.10. The first-order valence-electron chi connectivity index (χ1n) is 48.0. The maximum absolute atomic E-state index is 14.7. The van der Waals surface area contributed by atoms with Gasteiger partial charge < -0.3 is 77.8 Å². The number of carbonyl (C=O) groups excluding carboxylic acids is 3. The lowest BCUT2D eigenvalue weighted by atomic mass is 9.99. The monoisotopic (exact) mass is 2100 g/mol. The number of benzene rings is 3. The molecule has 0 bridgehead atoms. The molecule has 43 heteroatoms. The van der Waals surface area contributed by atoms with Gasteiger partial charge in [0.1, 0.15) is 61.2 Å². The van der Waals surface area contributed by atoms with E-state index >= 15 is 0 Å². The summed E-state index contributed by atoms with van der Waals surface area (Å²) in [4.78, 5) is 104. The summed E-state index contributed by atoms with van der Waals surface area (Å²) in [5.41, 5.74) is 11.8. The fourth-order valence-electron chi connectivity index (χ4n) is 21.2. The molecular formula is C100H140ClF7N24O6S5. The van der Waals surface area contributed by atoms with Gasteiger partial charge in [-0.1, -0.05) is 56.0 Å². The van der Waals surface area contributed by atoms with Crippen LogP contribution in [-0.2, 0) is 59.5 Å². The summed E-state index contributed by atoms with van der Waals surface area (Å²) in [6.07, 6.45) is 11.2. The van der Waals surface area contributed by atoms with E-state index in [0.717, 1.165) is 109 Å². The van der Waals surface area contributed by atoms with Crippen molar-refractivity contribution in [3.05, 3.63) is 175 Å². The highest BCUT2D eigenvalue weighted by atomic mass is 35.5. The van der Waals surface area contributed by atoms with Gasteiger partial charge in [-0.25, -0.2) is 30.7 Å². The Balaban J connectivity index is 0.000000217. The minimum atomic E-state index is -4.65. The number of rotatable bonds is 24. The van der Waals surface area contributed by atoms with E-state index < -0.39 is 35.5 Å². The number of aryl methyl sites for hydroxylation is 2. The predicted octanol–water partition coefficient (Wildman–Crippen LogP) is 13.1. The van der Waals surface area contributed by atoms with Gasteiger partial charge in [-0.15, -0.1) is 0 Å². The highest BCUT2D eigenvalue weighted by Crippen LogP contribution is 2.45. The minimum absolute atomic E-state index is 0. The highest BCUT2D eigenvalue weighted by molar-refractivity contribution is 7.60. The van der Waals surface area contributed by atoms with Crippen molar-refractivity contribution >= 4 is 142 Å². The molecule has 15 heterocycles. The molecule has 3 aromatic carbocycles. The molecule has 7 atom stereocenters. The summed E-state index contributed by atoms with van der Waals surface area (Å²) >= 11 is 6.06. The molecule has 1 N–H and O–H groups in total. The standard InChI is InChI=1S/C35H47FN8O2.C34H40ClF5N8O2.C30H39FN8O2.CH4.5H2S/c1-25-8-5-10-32(26(25)2)42-17-13-30-31(23-42)38-35(46-24-28-9-6-14-40(28)4)39-34(30)43-18-19-44(29(22-43)20-37-3)33(45)11-7-15-41-16-12-27(36)21-41;1-41-18-24-19-47(16-17-48(24)29(49)9-5-13-45-15-11-33(36,37)22-45)31-25-10-14-46(28-8-3-7-26(35)30(28)34(38,39)40)20-27(25)42-32(43-31)50-21-23-6-4-12-44(23)2;1-6-26(40)37-9-11-38(12-10-37)28-22-7-8-39(27-20(3)19(2)13-24-23(27)15-32-35-24)16-25(22)33-29(34-28)41-17-21-14-30(4,31)18-36(21)5;;;;;;/h5,7-8,10-11,27-29H,6,9,12-24H2,1-2,4H3;3,5,7-9,23-24H,4,6,10-22H2,2H3;6,13,15,21H,1,7-12,14,16-18H2,2-5H3,(H,32,35);1H4;5*1H2/b11-7+;9-5+;;;;;;;/t27?,28-,29-;23-,24-;21-,30?;;;;;;/m000....../s1. The highest BCUT2D eigenvalue weighted by Gasteiger charge is 2.45. The molecule has 3 amide bonds. The number of piperazine rings is 3. The smallest absolute Gasteiger partial charge is 0.419 e. The van der Waals surface area contributed by atoms with Gasteiger partial charge in [0, 0.05) is 195 Å². The first kappa shape index (κ1) is 115. The number of hydrogen-bond donors (Lipinski definition) is 1. The van der Waals surface area contributed by atoms with Gasteiger partial charge in [-0.2, -0.15) is 116 Å². The second kappa shape index (κ2) is 50.8. The predicted molar refractivity (Wildman–Crippen MR) is 573 cm³/mol. The number of nitrogens with one attached hydrogen (secondary N) is 1. The van der Waals surface area contributed by atoms with E-state index in [1.807, 2.05) is 50.9 Å². The zero-order chi connectivity index (χ0) is 96.7. The Labute approximate surface area is 875 Å². The van der Waals surface area contributed by atoms with Crippen molar-refractivity contribution in [2.75, 3.05) is 227 Å². The van der Waals surface area contributed by atoms with Crippen LogP contribution >= 0.6 is 79.1 Å². The van der Waals surface area contributed by atoms with E-state index in [9.17, 15) is 45.1 Å².